The molecule has 0 spiro atoms. The van der Waals surface area contributed by atoms with Gasteiger partial charge in [0, 0.05) is 6.07 Å². The van der Waals surface area contributed by atoms with Crippen molar-refractivity contribution in [3.8, 4) is 17.2 Å². The molecule has 0 saturated heterocycles. The van der Waals surface area contributed by atoms with Crippen molar-refractivity contribution < 1.29 is 27.4 Å². The minimum absolute atomic E-state index is 0.0129. The van der Waals surface area contributed by atoms with Crippen LogP contribution in [0.25, 0.3) is 0 Å². The maximum Gasteiger partial charge on any atom is 0.231 e. The third-order valence-corrected chi connectivity index (χ3v) is 5.15. The standard InChI is InChI=1S/C13H16O6S/c1-9(2)20(15,16)4-3-17-11-6-13-12(18-8-19-13)5-10(11)7-14/h5-7,9H,3-4,8H2,1-2H3. The first kappa shape index (κ1) is 14.6. The molecule has 0 saturated carbocycles. The number of rotatable bonds is 6. The minimum atomic E-state index is -3.17. The number of hydrogen-bond acceptors (Lipinski definition) is 6. The van der Waals surface area contributed by atoms with Crippen LogP contribution in [0.5, 0.6) is 17.2 Å². The summed E-state index contributed by atoms with van der Waals surface area (Å²) in [7, 11) is -3.17. The van der Waals surface area contributed by atoms with E-state index in [1.165, 1.54) is 12.1 Å². The number of carbonyl (C=O) groups excluding carboxylic acids is 1. The van der Waals surface area contributed by atoms with Gasteiger partial charge in [0.15, 0.2) is 27.6 Å². The van der Waals surface area contributed by atoms with Gasteiger partial charge in [-0.3, -0.25) is 4.79 Å². The maximum absolute atomic E-state index is 11.7. The van der Waals surface area contributed by atoms with E-state index in [-0.39, 0.29) is 19.2 Å². The SMILES string of the molecule is CC(C)S(=O)(=O)CCOc1cc2c(cc1C=O)OCO2. The molecule has 0 atom stereocenters. The molecule has 7 heteroatoms. The molecule has 1 heterocycles. The van der Waals surface area contributed by atoms with Gasteiger partial charge in [-0.15, -0.1) is 0 Å². The van der Waals surface area contributed by atoms with Crippen molar-refractivity contribution in [2.75, 3.05) is 19.2 Å². The minimum Gasteiger partial charge on any atom is -0.492 e. The molecule has 20 heavy (non-hydrogen) atoms. The molecule has 0 amide bonds. The van der Waals surface area contributed by atoms with E-state index in [4.69, 9.17) is 14.2 Å². The van der Waals surface area contributed by atoms with Crippen LogP contribution >= 0.6 is 0 Å². The van der Waals surface area contributed by atoms with E-state index >= 15 is 0 Å². The summed E-state index contributed by atoms with van der Waals surface area (Å²) in [5, 5.41) is -0.451. The highest BCUT2D eigenvalue weighted by molar-refractivity contribution is 7.91. The lowest BCUT2D eigenvalue weighted by Crippen LogP contribution is -2.22. The summed E-state index contributed by atoms with van der Waals surface area (Å²) >= 11 is 0. The molecule has 0 unspecified atom stereocenters. The molecule has 1 aliphatic heterocycles. The highest BCUT2D eigenvalue weighted by atomic mass is 32.2. The molecule has 0 aliphatic carbocycles. The van der Waals surface area contributed by atoms with E-state index in [1.807, 2.05) is 0 Å². The van der Waals surface area contributed by atoms with Gasteiger partial charge in [-0.25, -0.2) is 8.42 Å². The average Bonchev–Trinajstić information content (AvgIpc) is 2.84. The number of aldehydes is 1. The summed E-state index contributed by atoms with van der Waals surface area (Å²) in [4.78, 5) is 11.0. The fourth-order valence-electron chi connectivity index (χ4n) is 1.66. The third-order valence-electron chi connectivity index (χ3n) is 2.98. The molecule has 1 aromatic carbocycles. The van der Waals surface area contributed by atoms with E-state index in [2.05, 4.69) is 0 Å². The number of hydrogen-bond donors (Lipinski definition) is 0. The first-order valence-electron chi connectivity index (χ1n) is 6.17. The van der Waals surface area contributed by atoms with Crippen LogP contribution in [0.4, 0.5) is 0 Å². The van der Waals surface area contributed by atoms with Crippen molar-refractivity contribution in [1.82, 2.24) is 0 Å². The van der Waals surface area contributed by atoms with Gasteiger partial charge in [-0.2, -0.15) is 0 Å². The van der Waals surface area contributed by atoms with E-state index in [9.17, 15) is 13.2 Å². The molecule has 0 radical (unpaired) electrons. The second-order valence-corrected chi connectivity index (χ2v) is 7.30. The van der Waals surface area contributed by atoms with E-state index < -0.39 is 15.1 Å². The summed E-state index contributed by atoms with van der Waals surface area (Å²) in [6, 6.07) is 3.05. The molecule has 1 aromatic rings. The van der Waals surface area contributed by atoms with Crippen LogP contribution in [-0.4, -0.2) is 39.1 Å². The predicted molar refractivity (Wildman–Crippen MR) is 72.4 cm³/mol. The Bertz CT molecular complexity index is 606. The van der Waals surface area contributed by atoms with Crippen molar-refractivity contribution in [3.63, 3.8) is 0 Å². The third kappa shape index (κ3) is 3.04. The zero-order valence-corrected chi connectivity index (χ0v) is 12.1. The van der Waals surface area contributed by atoms with Crippen LogP contribution in [0.15, 0.2) is 12.1 Å². The molecule has 110 valence electrons. The molecule has 6 nitrogen and oxygen atoms in total. The Morgan fingerprint density at radius 3 is 2.55 bits per heavy atom. The molecular weight excluding hydrogens is 284 g/mol. The van der Waals surface area contributed by atoms with Crippen molar-refractivity contribution in [2.45, 2.75) is 19.1 Å². The topological polar surface area (TPSA) is 78.9 Å². The number of benzene rings is 1. The molecule has 1 aliphatic rings. The summed E-state index contributed by atoms with van der Waals surface area (Å²) in [6.07, 6.45) is 0.633. The first-order valence-corrected chi connectivity index (χ1v) is 7.89. The molecule has 2 rings (SSSR count). The Balaban J connectivity index is 2.08. The van der Waals surface area contributed by atoms with Crippen LogP contribution in [0.1, 0.15) is 24.2 Å². The summed E-state index contributed by atoms with van der Waals surface area (Å²) in [5.41, 5.74) is 0.302. The normalized spacial score (nSPS) is 13.6. The van der Waals surface area contributed by atoms with E-state index in [0.717, 1.165) is 0 Å². The molecule has 0 fully saturated rings. The van der Waals surface area contributed by atoms with Crippen LogP contribution in [-0.2, 0) is 9.84 Å². The maximum atomic E-state index is 11.7. The van der Waals surface area contributed by atoms with Gasteiger partial charge in [0.2, 0.25) is 6.79 Å². The Morgan fingerprint density at radius 1 is 1.30 bits per heavy atom. The van der Waals surface area contributed by atoms with Gasteiger partial charge < -0.3 is 14.2 Å². The number of carbonyl (C=O) groups is 1. The Morgan fingerprint density at radius 2 is 1.95 bits per heavy atom. The Labute approximate surface area is 117 Å². The van der Waals surface area contributed by atoms with Crippen LogP contribution < -0.4 is 14.2 Å². The van der Waals surface area contributed by atoms with Crippen molar-refractivity contribution in [2.24, 2.45) is 0 Å². The van der Waals surface area contributed by atoms with Gasteiger partial charge in [0.25, 0.3) is 0 Å². The summed E-state index contributed by atoms with van der Waals surface area (Å²) in [6.45, 7) is 3.32. The van der Waals surface area contributed by atoms with Crippen molar-refractivity contribution in [1.29, 1.82) is 0 Å². The van der Waals surface area contributed by atoms with Crippen LogP contribution in [0.3, 0.4) is 0 Å². The fraction of sp³-hybridized carbons (Fsp3) is 0.462. The quantitative estimate of drug-likeness (QED) is 0.739. The molecule has 0 N–H and O–H groups in total. The van der Waals surface area contributed by atoms with Crippen LogP contribution in [0.2, 0.25) is 0 Å². The van der Waals surface area contributed by atoms with Crippen molar-refractivity contribution in [3.05, 3.63) is 17.7 Å². The van der Waals surface area contributed by atoms with Gasteiger partial charge >= 0.3 is 0 Å². The van der Waals surface area contributed by atoms with E-state index in [1.54, 1.807) is 13.8 Å². The number of sulfone groups is 1. The van der Waals surface area contributed by atoms with Gasteiger partial charge in [0.05, 0.1) is 16.6 Å². The first-order chi connectivity index (χ1) is 9.44. The second kappa shape index (κ2) is 5.70. The zero-order chi connectivity index (χ0) is 14.8. The monoisotopic (exact) mass is 300 g/mol. The summed E-state index contributed by atoms with van der Waals surface area (Å²) < 4.78 is 39.1. The van der Waals surface area contributed by atoms with Crippen molar-refractivity contribution >= 4 is 16.1 Å². The zero-order valence-electron chi connectivity index (χ0n) is 11.3. The largest absolute Gasteiger partial charge is 0.492 e. The molecular formula is C13H16O6S. The lowest BCUT2D eigenvalue weighted by Gasteiger charge is -2.11. The lowest BCUT2D eigenvalue weighted by molar-refractivity contribution is 0.111. The van der Waals surface area contributed by atoms with Crippen LogP contribution in [0, 0.1) is 0 Å². The average molecular weight is 300 g/mol. The molecule has 0 bridgehead atoms. The highest BCUT2D eigenvalue weighted by Gasteiger charge is 2.19. The van der Waals surface area contributed by atoms with Gasteiger partial charge in [-0.1, -0.05) is 0 Å². The lowest BCUT2D eigenvalue weighted by atomic mass is 10.2. The summed E-state index contributed by atoms with van der Waals surface area (Å²) in [5.74, 6) is 1.16. The second-order valence-electron chi connectivity index (χ2n) is 4.63. The number of fused-ring (bicyclic) bond motifs is 1. The Kier molecular flexibility index (Phi) is 4.17. The highest BCUT2D eigenvalue weighted by Crippen LogP contribution is 2.37. The van der Waals surface area contributed by atoms with E-state index in [0.29, 0.717) is 29.1 Å². The van der Waals surface area contributed by atoms with Gasteiger partial charge in [0.1, 0.15) is 12.4 Å². The van der Waals surface area contributed by atoms with Gasteiger partial charge in [-0.05, 0) is 19.9 Å². The Hall–Kier alpha value is -1.76. The molecule has 0 aromatic heterocycles. The predicted octanol–water partition coefficient (Wildman–Crippen LogP) is 1.43. The number of ether oxygens (including phenoxy) is 3. The fourth-order valence-corrected chi connectivity index (χ4v) is 2.45. The smallest absolute Gasteiger partial charge is 0.231 e.